The van der Waals surface area contributed by atoms with Crippen LogP contribution in [0.15, 0.2) is 24.3 Å². The monoisotopic (exact) mass is 347 g/mol. The zero-order chi connectivity index (χ0) is 18.3. The number of alkyl halides is 2. The van der Waals surface area contributed by atoms with E-state index in [0.29, 0.717) is 0 Å². The minimum Gasteiger partial charge on any atom is -0.468 e. The Morgan fingerprint density at radius 3 is 2.00 bits per heavy atom. The number of hydrogen-bond donors (Lipinski definition) is 0. The maximum Gasteiger partial charge on any atom is 0.387 e. The molecule has 1 aromatic carbocycles. The number of hydrogen-bond acceptors (Lipinski definition) is 7. The number of nitrogens with zero attached hydrogens (tertiary/aromatic N) is 1. The molecule has 10 heteroatoms. The Hall–Kier alpha value is -2.78. The molecule has 0 aliphatic rings. The van der Waals surface area contributed by atoms with E-state index < -0.39 is 41.9 Å². The lowest BCUT2D eigenvalue weighted by molar-refractivity contribution is -0.484. The van der Waals surface area contributed by atoms with Crippen LogP contribution in [0.25, 0.3) is 0 Å². The van der Waals surface area contributed by atoms with Crippen LogP contribution >= 0.6 is 0 Å². The summed E-state index contributed by atoms with van der Waals surface area (Å²) in [5.41, 5.74) is 0.203. The van der Waals surface area contributed by atoms with E-state index in [9.17, 15) is 28.5 Å². The van der Waals surface area contributed by atoms with Crippen molar-refractivity contribution in [1.29, 1.82) is 0 Å². The van der Waals surface area contributed by atoms with Gasteiger partial charge in [-0.3, -0.25) is 19.7 Å². The van der Waals surface area contributed by atoms with Crippen molar-refractivity contribution in [2.75, 3.05) is 20.8 Å². The van der Waals surface area contributed by atoms with E-state index in [4.69, 9.17) is 0 Å². The van der Waals surface area contributed by atoms with Crippen LogP contribution in [0.5, 0.6) is 5.75 Å². The Labute approximate surface area is 135 Å². The van der Waals surface area contributed by atoms with Crippen molar-refractivity contribution < 1.29 is 37.5 Å². The van der Waals surface area contributed by atoms with Gasteiger partial charge in [0.05, 0.1) is 20.1 Å². The van der Waals surface area contributed by atoms with Gasteiger partial charge in [0.25, 0.3) is 0 Å². The smallest absolute Gasteiger partial charge is 0.387 e. The molecule has 0 aromatic heterocycles. The number of rotatable bonds is 8. The molecule has 0 heterocycles. The first-order valence-corrected chi connectivity index (χ1v) is 6.62. The lowest BCUT2D eigenvalue weighted by atomic mass is 9.85. The summed E-state index contributed by atoms with van der Waals surface area (Å²) in [5, 5.41) is 10.9. The number of carbonyl (C=O) groups excluding carboxylic acids is 2. The van der Waals surface area contributed by atoms with Gasteiger partial charge >= 0.3 is 18.6 Å². The third-order valence-corrected chi connectivity index (χ3v) is 3.19. The van der Waals surface area contributed by atoms with Crippen LogP contribution in [0.3, 0.4) is 0 Å². The highest BCUT2D eigenvalue weighted by molar-refractivity contribution is 5.96. The molecule has 0 radical (unpaired) electrons. The number of benzene rings is 1. The quantitative estimate of drug-likeness (QED) is 0.304. The second kappa shape index (κ2) is 8.75. The Bertz CT molecular complexity index is 575. The molecule has 0 amide bonds. The van der Waals surface area contributed by atoms with E-state index in [-0.39, 0.29) is 11.3 Å². The lowest BCUT2D eigenvalue weighted by Gasteiger charge is -2.20. The molecule has 1 atom stereocenters. The van der Waals surface area contributed by atoms with E-state index in [1.54, 1.807) is 0 Å². The molecular weight excluding hydrogens is 332 g/mol. The standard InChI is InChI=1S/C14H15F2NO7/c1-22-12(18)11(13(19)23-2)10(7-17(20)21)8-3-5-9(6-4-8)24-14(15)16/h3-6,10-11,14H,7H2,1-2H3. The van der Waals surface area contributed by atoms with Gasteiger partial charge in [0.1, 0.15) is 5.75 Å². The summed E-state index contributed by atoms with van der Waals surface area (Å²) in [6.45, 7) is -3.78. The summed E-state index contributed by atoms with van der Waals surface area (Å²) in [4.78, 5) is 33.9. The van der Waals surface area contributed by atoms with Crippen molar-refractivity contribution in [2.45, 2.75) is 12.5 Å². The van der Waals surface area contributed by atoms with Crippen molar-refractivity contribution in [2.24, 2.45) is 5.92 Å². The molecule has 24 heavy (non-hydrogen) atoms. The van der Waals surface area contributed by atoms with Gasteiger partial charge in [0.2, 0.25) is 6.54 Å². The van der Waals surface area contributed by atoms with Crippen LogP contribution < -0.4 is 4.74 Å². The van der Waals surface area contributed by atoms with Gasteiger partial charge < -0.3 is 14.2 Å². The molecule has 1 aromatic rings. The molecule has 1 rings (SSSR count). The van der Waals surface area contributed by atoms with Crippen LogP contribution in [-0.4, -0.2) is 44.2 Å². The molecule has 8 nitrogen and oxygen atoms in total. The van der Waals surface area contributed by atoms with Crippen molar-refractivity contribution in [1.82, 2.24) is 0 Å². The first kappa shape index (κ1) is 19.3. The van der Waals surface area contributed by atoms with Crippen LogP contribution in [0.2, 0.25) is 0 Å². The Kier molecular flexibility index (Phi) is 7.02. The maximum absolute atomic E-state index is 12.1. The number of nitro groups is 1. The van der Waals surface area contributed by atoms with E-state index in [1.807, 2.05) is 0 Å². The maximum atomic E-state index is 12.1. The molecule has 0 aliphatic carbocycles. The molecule has 0 saturated heterocycles. The molecule has 0 N–H and O–H groups in total. The fraction of sp³-hybridized carbons (Fsp3) is 0.429. The van der Waals surface area contributed by atoms with Gasteiger partial charge in [0.15, 0.2) is 5.92 Å². The summed E-state index contributed by atoms with van der Waals surface area (Å²) in [5.74, 6) is -4.92. The number of halogens is 2. The molecular formula is C14H15F2NO7. The Morgan fingerprint density at radius 1 is 1.12 bits per heavy atom. The van der Waals surface area contributed by atoms with Gasteiger partial charge in [0, 0.05) is 4.92 Å². The molecule has 0 spiro atoms. The summed E-state index contributed by atoms with van der Waals surface area (Å²) in [6, 6.07) is 4.82. The number of carbonyl (C=O) groups is 2. The largest absolute Gasteiger partial charge is 0.468 e. The Morgan fingerprint density at radius 2 is 1.62 bits per heavy atom. The van der Waals surface area contributed by atoms with Gasteiger partial charge in [-0.05, 0) is 17.7 Å². The summed E-state index contributed by atoms with van der Waals surface area (Å²) in [7, 11) is 2.06. The van der Waals surface area contributed by atoms with Crippen LogP contribution in [0.4, 0.5) is 8.78 Å². The normalized spacial score (nSPS) is 11.9. The highest BCUT2D eigenvalue weighted by atomic mass is 19.3. The van der Waals surface area contributed by atoms with Crippen molar-refractivity contribution in [3.63, 3.8) is 0 Å². The number of methoxy groups -OCH3 is 2. The minimum absolute atomic E-state index is 0.165. The fourth-order valence-corrected chi connectivity index (χ4v) is 2.14. The van der Waals surface area contributed by atoms with E-state index in [2.05, 4.69) is 14.2 Å². The summed E-state index contributed by atoms with van der Waals surface area (Å²) < 4.78 is 37.5. The minimum atomic E-state index is -3.02. The van der Waals surface area contributed by atoms with Crippen LogP contribution in [0, 0.1) is 16.0 Å². The molecule has 0 saturated carbocycles. The number of ether oxygens (including phenoxy) is 3. The zero-order valence-electron chi connectivity index (χ0n) is 12.8. The van der Waals surface area contributed by atoms with Crippen LogP contribution in [0.1, 0.15) is 11.5 Å². The number of esters is 2. The second-order valence-corrected chi connectivity index (χ2v) is 4.59. The zero-order valence-corrected chi connectivity index (χ0v) is 12.8. The lowest BCUT2D eigenvalue weighted by Crippen LogP contribution is -2.35. The van der Waals surface area contributed by atoms with Crippen LogP contribution in [-0.2, 0) is 19.1 Å². The molecule has 0 aliphatic heterocycles. The predicted octanol–water partition coefficient (Wildman–Crippen LogP) is 1.61. The molecule has 132 valence electrons. The average Bonchev–Trinajstić information content (AvgIpc) is 2.53. The first-order chi connectivity index (χ1) is 11.3. The van der Waals surface area contributed by atoms with Gasteiger partial charge in [-0.25, -0.2) is 0 Å². The highest BCUT2D eigenvalue weighted by Crippen LogP contribution is 2.29. The van der Waals surface area contributed by atoms with Gasteiger partial charge in [-0.1, -0.05) is 12.1 Å². The summed E-state index contributed by atoms with van der Waals surface area (Å²) >= 11 is 0. The van der Waals surface area contributed by atoms with E-state index in [0.717, 1.165) is 26.4 Å². The summed E-state index contributed by atoms with van der Waals surface area (Å²) in [6.07, 6.45) is 0. The topological polar surface area (TPSA) is 105 Å². The fourth-order valence-electron chi connectivity index (χ4n) is 2.14. The van der Waals surface area contributed by atoms with Gasteiger partial charge in [-0.2, -0.15) is 8.78 Å². The molecule has 0 bridgehead atoms. The van der Waals surface area contributed by atoms with Crippen molar-refractivity contribution in [3.05, 3.63) is 39.9 Å². The predicted molar refractivity (Wildman–Crippen MR) is 75.2 cm³/mol. The third kappa shape index (κ3) is 5.14. The van der Waals surface area contributed by atoms with Crippen molar-refractivity contribution in [3.8, 4) is 5.75 Å². The van der Waals surface area contributed by atoms with Gasteiger partial charge in [-0.15, -0.1) is 0 Å². The van der Waals surface area contributed by atoms with E-state index in [1.165, 1.54) is 12.1 Å². The molecule has 1 unspecified atom stereocenters. The van der Waals surface area contributed by atoms with E-state index >= 15 is 0 Å². The average molecular weight is 347 g/mol. The second-order valence-electron chi connectivity index (χ2n) is 4.59. The first-order valence-electron chi connectivity index (χ1n) is 6.62. The SMILES string of the molecule is COC(=O)C(C(=O)OC)C(C[N+](=O)[O-])c1ccc(OC(F)F)cc1. The highest BCUT2D eigenvalue weighted by Gasteiger charge is 2.40. The molecule has 0 fully saturated rings. The Balaban J connectivity index is 3.21. The third-order valence-electron chi connectivity index (χ3n) is 3.19. The van der Waals surface area contributed by atoms with Crippen molar-refractivity contribution >= 4 is 11.9 Å².